The van der Waals surface area contributed by atoms with Gasteiger partial charge in [-0.25, -0.2) is 17.5 Å². The van der Waals surface area contributed by atoms with Crippen LogP contribution in [0, 0.1) is 5.82 Å². The Morgan fingerprint density at radius 3 is 2.20 bits per heavy atom. The summed E-state index contributed by atoms with van der Waals surface area (Å²) in [6.45, 7) is 5.60. The van der Waals surface area contributed by atoms with Gasteiger partial charge in [0.05, 0.1) is 17.1 Å². The average Bonchev–Trinajstić information content (AvgIpc) is 2.55. The molecule has 0 saturated heterocycles. The van der Waals surface area contributed by atoms with Gasteiger partial charge in [0.15, 0.2) is 0 Å². The molecule has 2 N–H and O–H groups in total. The number of para-hydroxylation sites is 1. The highest BCUT2D eigenvalue weighted by Gasteiger charge is 2.18. The fourth-order valence-electron chi connectivity index (χ4n) is 2.13. The number of rotatable bonds is 5. The molecule has 0 spiro atoms. The van der Waals surface area contributed by atoms with Crippen molar-refractivity contribution in [1.82, 2.24) is 4.72 Å². The molecule has 0 fully saturated rings. The summed E-state index contributed by atoms with van der Waals surface area (Å²) in [4.78, 5) is 11.9. The topological polar surface area (TPSA) is 75.3 Å². The molecule has 2 rings (SSSR count). The van der Waals surface area contributed by atoms with Crippen molar-refractivity contribution < 1.29 is 17.6 Å². The second-order valence-corrected chi connectivity index (χ2v) is 8.39. The minimum atomic E-state index is -3.82. The van der Waals surface area contributed by atoms with Gasteiger partial charge in [0.2, 0.25) is 15.9 Å². The molecular formula is C18H21FN2O3S. The highest BCUT2D eigenvalue weighted by atomic mass is 32.2. The number of hydrogen-bond acceptors (Lipinski definition) is 3. The number of hydrogen-bond donors (Lipinski definition) is 2. The summed E-state index contributed by atoms with van der Waals surface area (Å²) in [5, 5.41) is 2.32. The van der Waals surface area contributed by atoms with E-state index in [1.165, 1.54) is 30.3 Å². The molecule has 0 radical (unpaired) electrons. The summed E-state index contributed by atoms with van der Waals surface area (Å²) in [6, 6.07) is 12.1. The van der Waals surface area contributed by atoms with Crippen LogP contribution in [0.1, 0.15) is 26.3 Å². The van der Waals surface area contributed by atoms with E-state index in [0.29, 0.717) is 0 Å². The first kappa shape index (κ1) is 19.1. The molecule has 134 valence electrons. The van der Waals surface area contributed by atoms with Crippen molar-refractivity contribution in [3.05, 3.63) is 59.9 Å². The molecule has 0 aliphatic heterocycles. The lowest BCUT2D eigenvalue weighted by molar-refractivity contribution is -0.115. The number of carbonyl (C=O) groups excluding carboxylic acids is 1. The predicted molar refractivity (Wildman–Crippen MR) is 95.4 cm³/mol. The van der Waals surface area contributed by atoms with Gasteiger partial charge in [-0.3, -0.25) is 4.79 Å². The molecule has 2 aromatic carbocycles. The van der Waals surface area contributed by atoms with E-state index in [2.05, 4.69) is 10.0 Å². The Morgan fingerprint density at radius 1 is 1.04 bits per heavy atom. The van der Waals surface area contributed by atoms with Crippen LogP contribution >= 0.6 is 0 Å². The highest BCUT2D eigenvalue weighted by molar-refractivity contribution is 7.89. The van der Waals surface area contributed by atoms with Gasteiger partial charge in [-0.15, -0.1) is 0 Å². The van der Waals surface area contributed by atoms with Gasteiger partial charge in [-0.1, -0.05) is 45.0 Å². The lowest BCUT2D eigenvalue weighted by atomic mass is 9.87. The van der Waals surface area contributed by atoms with Gasteiger partial charge in [0.1, 0.15) is 5.82 Å². The van der Waals surface area contributed by atoms with Gasteiger partial charge in [-0.05, 0) is 35.2 Å². The number of anilines is 1. The molecule has 7 heteroatoms. The minimum absolute atomic E-state index is 0.00114. The van der Waals surface area contributed by atoms with Gasteiger partial charge in [0.25, 0.3) is 0 Å². The van der Waals surface area contributed by atoms with Gasteiger partial charge >= 0.3 is 0 Å². The second-order valence-electron chi connectivity index (χ2n) is 6.63. The first-order valence-corrected chi connectivity index (χ1v) is 9.22. The van der Waals surface area contributed by atoms with E-state index in [9.17, 15) is 17.6 Å². The Balaban J connectivity index is 2.01. The van der Waals surface area contributed by atoms with E-state index in [1.807, 2.05) is 20.8 Å². The van der Waals surface area contributed by atoms with Crippen LogP contribution in [-0.2, 0) is 20.2 Å². The number of sulfonamides is 1. The second kappa shape index (κ2) is 7.33. The van der Waals surface area contributed by atoms with Gasteiger partial charge < -0.3 is 5.32 Å². The molecule has 0 aromatic heterocycles. The van der Waals surface area contributed by atoms with Crippen LogP contribution in [0.5, 0.6) is 0 Å². The van der Waals surface area contributed by atoms with E-state index < -0.39 is 28.3 Å². The molecule has 0 aliphatic carbocycles. The molecule has 25 heavy (non-hydrogen) atoms. The fourth-order valence-corrected chi connectivity index (χ4v) is 3.12. The fraction of sp³-hybridized carbons (Fsp3) is 0.278. The summed E-state index contributed by atoms with van der Waals surface area (Å²) in [5.41, 5.74) is 0.917. The van der Waals surface area contributed by atoms with Crippen LogP contribution < -0.4 is 10.0 Å². The number of halogens is 1. The summed E-state index contributed by atoms with van der Waals surface area (Å²) in [7, 11) is -3.82. The lowest BCUT2D eigenvalue weighted by Gasteiger charge is -2.19. The maximum absolute atomic E-state index is 13.5. The Kier molecular flexibility index (Phi) is 5.59. The van der Waals surface area contributed by atoms with E-state index in [0.717, 1.165) is 5.56 Å². The standard InChI is InChI=1S/C18H21FN2O3S/c1-18(2,3)13-8-10-14(11-9-13)25(23,24)20-12-17(22)21-16-7-5-4-6-15(16)19/h4-11,20H,12H2,1-3H3,(H,21,22). The van der Waals surface area contributed by atoms with Gasteiger partial charge in [-0.2, -0.15) is 0 Å². The van der Waals surface area contributed by atoms with Crippen molar-refractivity contribution in [3.63, 3.8) is 0 Å². The predicted octanol–water partition coefficient (Wildman–Crippen LogP) is 3.04. The quantitative estimate of drug-likeness (QED) is 0.856. The van der Waals surface area contributed by atoms with Crippen LogP contribution in [0.4, 0.5) is 10.1 Å². The Bertz CT molecular complexity index is 857. The third-order valence-corrected chi connectivity index (χ3v) is 5.02. The van der Waals surface area contributed by atoms with Crippen LogP contribution in [0.2, 0.25) is 0 Å². The van der Waals surface area contributed by atoms with Crippen LogP contribution in [-0.4, -0.2) is 20.9 Å². The van der Waals surface area contributed by atoms with E-state index in [4.69, 9.17) is 0 Å². The smallest absolute Gasteiger partial charge is 0.241 e. The lowest BCUT2D eigenvalue weighted by Crippen LogP contribution is -2.33. The Hall–Kier alpha value is -2.25. The van der Waals surface area contributed by atoms with E-state index >= 15 is 0 Å². The number of nitrogens with one attached hydrogen (secondary N) is 2. The largest absolute Gasteiger partial charge is 0.322 e. The Morgan fingerprint density at radius 2 is 1.64 bits per heavy atom. The molecule has 2 aromatic rings. The zero-order valence-electron chi connectivity index (χ0n) is 14.3. The van der Waals surface area contributed by atoms with Crippen molar-refractivity contribution >= 4 is 21.6 Å². The van der Waals surface area contributed by atoms with Crippen LogP contribution in [0.3, 0.4) is 0 Å². The molecule has 0 unspecified atom stereocenters. The summed E-state index contributed by atoms with van der Waals surface area (Å²) < 4.78 is 40.2. The molecule has 0 saturated carbocycles. The normalized spacial score (nSPS) is 12.0. The third-order valence-electron chi connectivity index (χ3n) is 3.60. The van der Waals surface area contributed by atoms with Crippen molar-refractivity contribution in [2.24, 2.45) is 0 Å². The summed E-state index contributed by atoms with van der Waals surface area (Å²) in [5.74, 6) is -1.24. The maximum Gasteiger partial charge on any atom is 0.241 e. The molecule has 1 amide bonds. The zero-order valence-corrected chi connectivity index (χ0v) is 15.2. The van der Waals surface area contributed by atoms with E-state index in [-0.39, 0.29) is 16.0 Å². The number of carbonyl (C=O) groups is 1. The van der Waals surface area contributed by atoms with Crippen molar-refractivity contribution in [2.75, 3.05) is 11.9 Å². The maximum atomic E-state index is 13.5. The molecule has 0 atom stereocenters. The van der Waals surface area contributed by atoms with Crippen molar-refractivity contribution in [3.8, 4) is 0 Å². The minimum Gasteiger partial charge on any atom is -0.322 e. The van der Waals surface area contributed by atoms with Crippen LogP contribution in [0.15, 0.2) is 53.4 Å². The Labute approximate surface area is 147 Å². The first-order chi connectivity index (χ1) is 11.6. The number of amides is 1. The summed E-state index contributed by atoms with van der Waals surface area (Å²) in [6.07, 6.45) is 0. The molecule has 0 bridgehead atoms. The number of benzene rings is 2. The SMILES string of the molecule is CC(C)(C)c1ccc(S(=O)(=O)NCC(=O)Nc2ccccc2F)cc1. The molecule has 0 aliphatic rings. The van der Waals surface area contributed by atoms with E-state index in [1.54, 1.807) is 18.2 Å². The molecule has 5 nitrogen and oxygen atoms in total. The molecular weight excluding hydrogens is 343 g/mol. The molecule has 0 heterocycles. The third kappa shape index (κ3) is 5.11. The average molecular weight is 364 g/mol. The van der Waals surface area contributed by atoms with Crippen molar-refractivity contribution in [1.29, 1.82) is 0 Å². The first-order valence-electron chi connectivity index (χ1n) is 7.74. The monoisotopic (exact) mass is 364 g/mol. The van der Waals surface area contributed by atoms with Gasteiger partial charge in [0, 0.05) is 0 Å². The van der Waals surface area contributed by atoms with Crippen molar-refractivity contribution in [2.45, 2.75) is 31.1 Å². The zero-order chi connectivity index (χ0) is 18.7. The summed E-state index contributed by atoms with van der Waals surface area (Å²) >= 11 is 0. The highest BCUT2D eigenvalue weighted by Crippen LogP contribution is 2.23. The van der Waals surface area contributed by atoms with Crippen LogP contribution in [0.25, 0.3) is 0 Å².